The largest absolute Gasteiger partial charge is 0.449 e. The Morgan fingerprint density at radius 2 is 1.49 bits per heavy atom. The maximum atomic E-state index is 12.8. The van der Waals surface area contributed by atoms with Crippen molar-refractivity contribution < 1.29 is 23.9 Å². The fourth-order valence-electron chi connectivity index (χ4n) is 4.58. The van der Waals surface area contributed by atoms with E-state index < -0.39 is 29.9 Å². The number of benzene rings is 2. The second-order valence-electron chi connectivity index (χ2n) is 9.36. The van der Waals surface area contributed by atoms with Crippen molar-refractivity contribution >= 4 is 50.7 Å². The lowest BCUT2D eigenvalue weighted by molar-refractivity contribution is -0.130. The van der Waals surface area contributed by atoms with Crippen LogP contribution < -0.4 is 16.4 Å². The molecule has 0 saturated carbocycles. The highest BCUT2D eigenvalue weighted by molar-refractivity contribution is 7.59. The average Bonchev–Trinajstić information content (AvgIpc) is 3.13. The molecular formula is C27H37N3O5S2. The third-order valence-electron chi connectivity index (χ3n) is 6.17. The van der Waals surface area contributed by atoms with E-state index in [0.29, 0.717) is 6.42 Å². The molecule has 4 N–H and O–H groups in total. The fourth-order valence-corrected chi connectivity index (χ4v) is 4.58. The Balaban J connectivity index is 0.00000342. The standard InChI is InChI=1S/C27H33N3O5.2H2S/c1-16(2)12-18(26(28)33)13-25(32)24(30-17(3)31)14-29-27(34)35-15-23-21-10-6-4-8-19(21)20-9-5-7-11-22(20)23;;/h4-11,16,18,23-24H,12-15H2,1-3H3,(H2,28,33)(H,29,34)(H,30,31);2*1H2/t18-,24+;;/m1../s1. The zero-order valence-corrected chi connectivity index (χ0v) is 23.4. The van der Waals surface area contributed by atoms with E-state index in [2.05, 4.69) is 22.8 Å². The van der Waals surface area contributed by atoms with Crippen molar-refractivity contribution in [1.82, 2.24) is 10.6 Å². The maximum Gasteiger partial charge on any atom is 0.407 e. The van der Waals surface area contributed by atoms with Gasteiger partial charge in [0.15, 0.2) is 5.78 Å². The van der Waals surface area contributed by atoms with Crippen molar-refractivity contribution in [1.29, 1.82) is 0 Å². The van der Waals surface area contributed by atoms with Crippen molar-refractivity contribution in [3.63, 3.8) is 0 Å². The highest BCUT2D eigenvalue weighted by Crippen LogP contribution is 2.44. The van der Waals surface area contributed by atoms with Gasteiger partial charge in [0, 0.05) is 31.7 Å². The number of alkyl carbamates (subject to hydrolysis) is 1. The van der Waals surface area contributed by atoms with Crippen molar-refractivity contribution in [2.45, 2.75) is 45.6 Å². The van der Waals surface area contributed by atoms with Crippen LogP contribution in [0.1, 0.15) is 50.7 Å². The van der Waals surface area contributed by atoms with Crippen molar-refractivity contribution in [3.05, 3.63) is 59.7 Å². The number of carbonyl (C=O) groups excluding carboxylic acids is 4. The Morgan fingerprint density at radius 1 is 0.946 bits per heavy atom. The lowest BCUT2D eigenvalue weighted by atomic mass is 9.90. The summed E-state index contributed by atoms with van der Waals surface area (Å²) in [6.07, 6.45) is -0.331. The normalized spacial score (nSPS) is 13.2. The van der Waals surface area contributed by atoms with Gasteiger partial charge < -0.3 is 21.1 Å². The first-order valence-corrected chi connectivity index (χ1v) is 11.8. The van der Waals surface area contributed by atoms with Gasteiger partial charge in [-0.3, -0.25) is 14.4 Å². The van der Waals surface area contributed by atoms with Gasteiger partial charge in [0.05, 0.1) is 0 Å². The summed E-state index contributed by atoms with van der Waals surface area (Å²) in [5.74, 6) is -1.89. The number of fused-ring (bicyclic) bond motifs is 3. The van der Waals surface area contributed by atoms with E-state index in [0.717, 1.165) is 22.3 Å². The van der Waals surface area contributed by atoms with Crippen LogP contribution in [0.3, 0.4) is 0 Å². The van der Waals surface area contributed by atoms with Gasteiger partial charge in [0.25, 0.3) is 0 Å². The zero-order valence-electron chi connectivity index (χ0n) is 21.4. The van der Waals surface area contributed by atoms with Gasteiger partial charge in [-0.25, -0.2) is 4.79 Å². The molecule has 8 nitrogen and oxygen atoms in total. The molecule has 3 amide bonds. The summed E-state index contributed by atoms with van der Waals surface area (Å²) in [4.78, 5) is 48.7. The molecular weight excluding hydrogens is 510 g/mol. The smallest absolute Gasteiger partial charge is 0.407 e. The van der Waals surface area contributed by atoms with Gasteiger partial charge in [-0.15, -0.1) is 0 Å². The number of amides is 3. The van der Waals surface area contributed by atoms with Crippen molar-refractivity contribution in [2.24, 2.45) is 17.6 Å². The van der Waals surface area contributed by atoms with Crippen LogP contribution in [-0.2, 0) is 19.1 Å². The van der Waals surface area contributed by atoms with Gasteiger partial charge in [0.2, 0.25) is 11.8 Å². The lowest BCUT2D eigenvalue weighted by Crippen LogP contribution is -2.49. The molecule has 3 rings (SSSR count). The number of hydrogen-bond donors (Lipinski definition) is 3. The molecule has 0 bridgehead atoms. The molecule has 0 aromatic heterocycles. The molecule has 0 unspecified atom stereocenters. The minimum absolute atomic E-state index is 0. The van der Waals surface area contributed by atoms with E-state index in [1.165, 1.54) is 6.92 Å². The van der Waals surface area contributed by atoms with E-state index in [-0.39, 0.29) is 64.2 Å². The molecule has 0 aliphatic heterocycles. The van der Waals surface area contributed by atoms with Crippen LogP contribution in [-0.4, -0.2) is 42.9 Å². The summed E-state index contributed by atoms with van der Waals surface area (Å²) in [6, 6.07) is 15.1. The number of hydrogen-bond acceptors (Lipinski definition) is 5. The SMILES string of the molecule is CC(=O)N[C@@H](CNC(=O)OCC1c2ccccc2-c2ccccc21)C(=O)C[C@@H](CC(C)C)C(N)=O.S.S. The minimum Gasteiger partial charge on any atom is -0.449 e. The molecule has 2 aromatic carbocycles. The predicted octanol–water partition coefficient (Wildman–Crippen LogP) is 3.36. The summed E-state index contributed by atoms with van der Waals surface area (Å²) in [5.41, 5.74) is 9.89. The van der Waals surface area contributed by atoms with Gasteiger partial charge in [-0.05, 0) is 34.6 Å². The van der Waals surface area contributed by atoms with Crippen LogP contribution in [0.4, 0.5) is 4.79 Å². The number of carbonyl (C=O) groups is 4. The molecule has 2 atom stereocenters. The Hall–Kier alpha value is -2.98. The van der Waals surface area contributed by atoms with Gasteiger partial charge in [0.1, 0.15) is 12.6 Å². The molecule has 0 saturated heterocycles. The molecule has 202 valence electrons. The predicted molar refractivity (Wildman–Crippen MR) is 153 cm³/mol. The topological polar surface area (TPSA) is 128 Å². The number of Topliss-reactive ketones (excluding diaryl/α,β-unsaturated/α-hetero) is 1. The van der Waals surface area contributed by atoms with Crippen LogP contribution in [0.2, 0.25) is 0 Å². The van der Waals surface area contributed by atoms with Crippen LogP contribution in [0.25, 0.3) is 11.1 Å². The average molecular weight is 548 g/mol. The monoisotopic (exact) mass is 547 g/mol. The van der Waals surface area contributed by atoms with Gasteiger partial charge in [-0.2, -0.15) is 27.0 Å². The molecule has 0 radical (unpaired) electrons. The van der Waals surface area contributed by atoms with E-state index in [1.54, 1.807) is 0 Å². The van der Waals surface area contributed by atoms with E-state index >= 15 is 0 Å². The van der Waals surface area contributed by atoms with E-state index in [4.69, 9.17) is 10.5 Å². The second-order valence-corrected chi connectivity index (χ2v) is 9.36. The summed E-state index contributed by atoms with van der Waals surface area (Å²) < 4.78 is 5.50. The van der Waals surface area contributed by atoms with E-state index in [9.17, 15) is 19.2 Å². The first-order valence-electron chi connectivity index (χ1n) is 11.8. The van der Waals surface area contributed by atoms with Crippen molar-refractivity contribution in [2.75, 3.05) is 13.2 Å². The number of nitrogens with one attached hydrogen (secondary N) is 2. The van der Waals surface area contributed by atoms with Crippen molar-refractivity contribution in [3.8, 4) is 11.1 Å². The summed E-state index contributed by atoms with van der Waals surface area (Å²) in [6.45, 7) is 5.14. The van der Waals surface area contributed by atoms with Crippen LogP contribution in [0.15, 0.2) is 48.5 Å². The second kappa shape index (κ2) is 14.7. The Labute approximate surface area is 232 Å². The highest BCUT2D eigenvalue weighted by Gasteiger charge is 2.30. The number of rotatable bonds is 11. The Kier molecular flexibility index (Phi) is 12.7. The fraction of sp³-hybridized carbons (Fsp3) is 0.407. The third kappa shape index (κ3) is 8.53. The quantitative estimate of drug-likeness (QED) is 0.398. The number of ketones is 1. The van der Waals surface area contributed by atoms with Gasteiger partial charge in [-0.1, -0.05) is 62.4 Å². The van der Waals surface area contributed by atoms with Crippen LogP contribution in [0, 0.1) is 11.8 Å². The van der Waals surface area contributed by atoms with Crippen LogP contribution in [0.5, 0.6) is 0 Å². The number of nitrogens with two attached hydrogens (primary N) is 1. The molecule has 1 aliphatic rings. The lowest BCUT2D eigenvalue weighted by Gasteiger charge is -2.21. The molecule has 0 spiro atoms. The van der Waals surface area contributed by atoms with Gasteiger partial charge >= 0.3 is 6.09 Å². The first kappa shape index (κ1) is 32.0. The molecule has 1 aliphatic carbocycles. The van der Waals surface area contributed by atoms with E-state index in [1.807, 2.05) is 50.2 Å². The number of primary amides is 1. The molecule has 0 heterocycles. The zero-order chi connectivity index (χ0) is 25.5. The summed E-state index contributed by atoms with van der Waals surface area (Å²) in [7, 11) is 0. The number of ether oxygens (including phenoxy) is 1. The highest BCUT2D eigenvalue weighted by atomic mass is 32.1. The first-order chi connectivity index (χ1) is 16.7. The summed E-state index contributed by atoms with van der Waals surface area (Å²) >= 11 is 0. The third-order valence-corrected chi connectivity index (χ3v) is 6.17. The molecule has 37 heavy (non-hydrogen) atoms. The molecule has 2 aromatic rings. The Bertz CT molecular complexity index is 1060. The Morgan fingerprint density at radius 3 is 1.97 bits per heavy atom. The van der Waals surface area contributed by atoms with Crippen LogP contribution >= 0.6 is 27.0 Å². The molecule has 10 heteroatoms. The minimum atomic E-state index is -0.984. The maximum absolute atomic E-state index is 12.8. The molecule has 0 fully saturated rings. The summed E-state index contributed by atoms with van der Waals surface area (Å²) in [5, 5.41) is 5.12.